The van der Waals surface area contributed by atoms with Gasteiger partial charge in [-0.25, -0.2) is 0 Å². The van der Waals surface area contributed by atoms with E-state index in [9.17, 15) is 9.90 Å². The van der Waals surface area contributed by atoms with E-state index < -0.39 is 24.5 Å². The third kappa shape index (κ3) is 2.70. The number of rotatable bonds is 3. The fraction of sp³-hybridized carbons (Fsp3) is 0.900. The van der Waals surface area contributed by atoms with Crippen molar-refractivity contribution in [3.05, 3.63) is 0 Å². The highest BCUT2D eigenvalue weighted by atomic mass is 16.7. The first kappa shape index (κ1) is 13.4. The van der Waals surface area contributed by atoms with Crippen molar-refractivity contribution in [2.24, 2.45) is 5.92 Å². The Morgan fingerprint density at radius 1 is 1.56 bits per heavy atom. The number of amides is 1. The van der Waals surface area contributed by atoms with E-state index in [4.69, 9.17) is 14.6 Å². The lowest BCUT2D eigenvalue weighted by atomic mass is 9.89. The largest absolute Gasteiger partial charge is 0.394 e. The van der Waals surface area contributed by atoms with Gasteiger partial charge < -0.3 is 25.0 Å². The van der Waals surface area contributed by atoms with Gasteiger partial charge in [0.25, 0.3) is 0 Å². The summed E-state index contributed by atoms with van der Waals surface area (Å²) in [6.45, 7) is 2.93. The van der Waals surface area contributed by atoms with Crippen LogP contribution in [-0.2, 0) is 14.3 Å². The molecule has 0 saturated carbocycles. The molecule has 6 nitrogen and oxygen atoms in total. The first-order valence-corrected chi connectivity index (χ1v) is 5.25. The fourth-order valence-electron chi connectivity index (χ4n) is 1.89. The molecule has 0 spiro atoms. The van der Waals surface area contributed by atoms with Crippen molar-refractivity contribution in [3.8, 4) is 0 Å². The number of methoxy groups -OCH3 is 1. The van der Waals surface area contributed by atoms with Gasteiger partial charge in [0.2, 0.25) is 5.91 Å². The maximum Gasteiger partial charge on any atom is 0.217 e. The van der Waals surface area contributed by atoms with Crippen LogP contribution in [0.4, 0.5) is 0 Å². The zero-order valence-corrected chi connectivity index (χ0v) is 9.71. The van der Waals surface area contributed by atoms with E-state index in [1.165, 1.54) is 14.0 Å². The molecular weight excluding hydrogens is 214 g/mol. The second-order valence-corrected chi connectivity index (χ2v) is 4.04. The van der Waals surface area contributed by atoms with E-state index in [0.717, 1.165) is 0 Å². The molecule has 1 rings (SSSR count). The number of aliphatic hydroxyl groups excluding tert-OH is 2. The van der Waals surface area contributed by atoms with Crippen LogP contribution in [0, 0.1) is 5.92 Å². The Kier molecular flexibility index (Phi) is 4.67. The van der Waals surface area contributed by atoms with Crippen molar-refractivity contribution in [2.75, 3.05) is 13.7 Å². The zero-order valence-electron chi connectivity index (χ0n) is 9.71. The number of hydrogen-bond acceptors (Lipinski definition) is 5. The summed E-state index contributed by atoms with van der Waals surface area (Å²) < 4.78 is 10.5. The molecule has 16 heavy (non-hydrogen) atoms. The lowest BCUT2D eigenvalue weighted by molar-refractivity contribution is -0.245. The molecule has 1 aliphatic heterocycles. The summed E-state index contributed by atoms with van der Waals surface area (Å²) in [4.78, 5) is 11.0. The highest BCUT2D eigenvalue weighted by Crippen LogP contribution is 2.26. The monoisotopic (exact) mass is 233 g/mol. The molecule has 1 amide bonds. The maximum atomic E-state index is 11.0. The lowest BCUT2D eigenvalue weighted by Gasteiger charge is -2.42. The minimum Gasteiger partial charge on any atom is -0.394 e. The van der Waals surface area contributed by atoms with Crippen LogP contribution in [0.5, 0.6) is 0 Å². The number of carbonyl (C=O) groups excluding carboxylic acids is 1. The maximum absolute atomic E-state index is 11.0. The van der Waals surface area contributed by atoms with Crippen molar-refractivity contribution < 1.29 is 24.5 Å². The number of hydrogen-bond donors (Lipinski definition) is 3. The van der Waals surface area contributed by atoms with Crippen LogP contribution >= 0.6 is 0 Å². The topological polar surface area (TPSA) is 88.0 Å². The minimum absolute atomic E-state index is 0.190. The molecule has 1 heterocycles. The molecule has 0 aromatic carbocycles. The molecular formula is C10H19NO5. The van der Waals surface area contributed by atoms with Gasteiger partial charge in [-0.3, -0.25) is 4.79 Å². The first-order chi connectivity index (χ1) is 7.51. The number of carbonyl (C=O) groups is 1. The van der Waals surface area contributed by atoms with Gasteiger partial charge in [-0.1, -0.05) is 6.92 Å². The third-order valence-electron chi connectivity index (χ3n) is 2.88. The van der Waals surface area contributed by atoms with Crippen LogP contribution in [0.2, 0.25) is 0 Å². The van der Waals surface area contributed by atoms with Crippen molar-refractivity contribution >= 4 is 5.91 Å². The normalized spacial score (nSPS) is 39.4. The molecule has 0 aliphatic carbocycles. The van der Waals surface area contributed by atoms with Crippen molar-refractivity contribution in [3.63, 3.8) is 0 Å². The molecule has 3 N–H and O–H groups in total. The Balaban J connectivity index is 2.77. The van der Waals surface area contributed by atoms with Crippen LogP contribution in [0.3, 0.4) is 0 Å². The molecule has 1 saturated heterocycles. The Bertz CT molecular complexity index is 245. The zero-order chi connectivity index (χ0) is 12.3. The highest BCUT2D eigenvalue weighted by molar-refractivity contribution is 5.73. The summed E-state index contributed by atoms with van der Waals surface area (Å²) in [7, 11) is 1.43. The minimum atomic E-state index is -0.806. The molecule has 0 radical (unpaired) electrons. The predicted molar refractivity (Wildman–Crippen MR) is 55.5 cm³/mol. The van der Waals surface area contributed by atoms with Crippen LogP contribution in [-0.4, -0.2) is 54.4 Å². The second kappa shape index (κ2) is 5.58. The highest BCUT2D eigenvalue weighted by Gasteiger charge is 2.43. The Morgan fingerprint density at radius 3 is 2.62 bits per heavy atom. The second-order valence-electron chi connectivity index (χ2n) is 4.04. The Morgan fingerprint density at radius 2 is 2.19 bits per heavy atom. The van der Waals surface area contributed by atoms with Crippen LogP contribution in [0.1, 0.15) is 13.8 Å². The van der Waals surface area contributed by atoms with Crippen molar-refractivity contribution in [1.82, 2.24) is 5.32 Å². The summed E-state index contributed by atoms with van der Waals surface area (Å²) in [6.07, 6.45) is -2.03. The third-order valence-corrected chi connectivity index (χ3v) is 2.88. The quantitative estimate of drug-likeness (QED) is 0.573. The van der Waals surface area contributed by atoms with Gasteiger partial charge in [0.1, 0.15) is 6.04 Å². The summed E-state index contributed by atoms with van der Waals surface area (Å²) >= 11 is 0. The molecule has 1 aliphatic rings. The van der Waals surface area contributed by atoms with E-state index in [1.807, 2.05) is 0 Å². The van der Waals surface area contributed by atoms with Crippen LogP contribution in [0.15, 0.2) is 0 Å². The van der Waals surface area contributed by atoms with E-state index >= 15 is 0 Å². The summed E-state index contributed by atoms with van der Waals surface area (Å²) in [6, 6.07) is -0.611. The fourth-order valence-corrected chi connectivity index (χ4v) is 1.89. The van der Waals surface area contributed by atoms with E-state index in [0.29, 0.717) is 0 Å². The van der Waals surface area contributed by atoms with Gasteiger partial charge >= 0.3 is 0 Å². The van der Waals surface area contributed by atoms with Gasteiger partial charge in [-0.15, -0.1) is 0 Å². The van der Waals surface area contributed by atoms with Crippen LogP contribution in [0.25, 0.3) is 0 Å². The van der Waals surface area contributed by atoms with Gasteiger partial charge in [-0.2, -0.15) is 0 Å². The SMILES string of the molecule is CO[C@@H]1O[C@H](CO)C(C)[C@H](O)[C@H]1NC(C)=O. The summed E-state index contributed by atoms with van der Waals surface area (Å²) in [5.41, 5.74) is 0. The molecule has 5 atom stereocenters. The lowest BCUT2D eigenvalue weighted by Crippen LogP contribution is -2.61. The van der Waals surface area contributed by atoms with Crippen molar-refractivity contribution in [1.29, 1.82) is 0 Å². The smallest absolute Gasteiger partial charge is 0.217 e. The predicted octanol–water partition coefficient (Wildman–Crippen LogP) is -1.15. The molecule has 0 aromatic heterocycles. The average Bonchev–Trinajstić information content (AvgIpc) is 2.25. The molecule has 1 fully saturated rings. The van der Waals surface area contributed by atoms with Gasteiger partial charge in [0.15, 0.2) is 6.29 Å². The molecule has 6 heteroatoms. The van der Waals surface area contributed by atoms with Crippen LogP contribution < -0.4 is 5.32 Å². The van der Waals surface area contributed by atoms with E-state index in [1.54, 1.807) is 6.92 Å². The number of nitrogens with one attached hydrogen (secondary N) is 1. The first-order valence-electron chi connectivity index (χ1n) is 5.25. The Hall–Kier alpha value is -0.690. The number of ether oxygens (including phenoxy) is 2. The number of aliphatic hydroxyl groups is 2. The summed E-state index contributed by atoms with van der Waals surface area (Å²) in [5, 5.41) is 21.7. The van der Waals surface area contributed by atoms with E-state index in [2.05, 4.69) is 5.32 Å². The average molecular weight is 233 g/mol. The standard InChI is InChI=1S/C10H19NO5/c1-5-7(4-12)16-10(15-3)8(9(5)14)11-6(2)13/h5,7-10,12,14H,4H2,1-3H3,(H,11,13)/t5?,7-,8-,9+,10-/m1/s1. The molecule has 1 unspecified atom stereocenters. The van der Waals surface area contributed by atoms with E-state index in [-0.39, 0.29) is 18.4 Å². The van der Waals surface area contributed by atoms with Gasteiger partial charge in [-0.05, 0) is 0 Å². The molecule has 94 valence electrons. The Labute approximate surface area is 94.5 Å². The van der Waals surface area contributed by atoms with Crippen molar-refractivity contribution in [2.45, 2.75) is 38.4 Å². The van der Waals surface area contributed by atoms with Gasteiger partial charge in [0, 0.05) is 20.0 Å². The molecule has 0 aromatic rings. The molecule has 0 bridgehead atoms. The summed E-state index contributed by atoms with van der Waals surface area (Å²) in [5.74, 6) is -0.530. The van der Waals surface area contributed by atoms with Gasteiger partial charge in [0.05, 0.1) is 18.8 Å².